The summed E-state index contributed by atoms with van der Waals surface area (Å²) >= 11 is 0. The Morgan fingerprint density at radius 3 is 3.00 bits per heavy atom. The summed E-state index contributed by atoms with van der Waals surface area (Å²) in [5, 5.41) is 0. The van der Waals surface area contributed by atoms with E-state index < -0.39 is 5.97 Å². The lowest BCUT2D eigenvalue weighted by Gasteiger charge is -2.12. The number of carbonyl (C=O) groups excluding carboxylic acids is 1. The molecule has 104 valence electrons. The number of rotatable bonds is 5. The van der Waals surface area contributed by atoms with Crippen molar-refractivity contribution in [2.24, 2.45) is 0 Å². The summed E-state index contributed by atoms with van der Waals surface area (Å²) in [5.74, 6) is 0.160. The van der Waals surface area contributed by atoms with E-state index in [2.05, 4.69) is 0 Å². The van der Waals surface area contributed by atoms with Crippen molar-refractivity contribution in [1.29, 1.82) is 0 Å². The molecule has 0 aromatic heterocycles. The fourth-order valence-corrected chi connectivity index (χ4v) is 1.98. The molecule has 0 bridgehead atoms. The van der Waals surface area contributed by atoms with E-state index in [4.69, 9.17) is 19.9 Å². The van der Waals surface area contributed by atoms with E-state index >= 15 is 0 Å². The van der Waals surface area contributed by atoms with Gasteiger partial charge in [-0.3, -0.25) is 0 Å². The van der Waals surface area contributed by atoms with Crippen LogP contribution in [0.5, 0.6) is 5.75 Å². The van der Waals surface area contributed by atoms with Crippen molar-refractivity contribution in [3.63, 3.8) is 0 Å². The average molecular weight is 265 g/mol. The Hall–Kier alpha value is -1.75. The highest BCUT2D eigenvalue weighted by atomic mass is 16.6. The summed E-state index contributed by atoms with van der Waals surface area (Å²) < 4.78 is 16.0. The van der Waals surface area contributed by atoms with Crippen LogP contribution in [0.1, 0.15) is 19.8 Å². The van der Waals surface area contributed by atoms with Crippen molar-refractivity contribution in [2.45, 2.75) is 32.0 Å². The molecule has 0 amide bonds. The van der Waals surface area contributed by atoms with Gasteiger partial charge in [0, 0.05) is 11.8 Å². The van der Waals surface area contributed by atoms with Gasteiger partial charge in [-0.05, 0) is 31.9 Å². The Morgan fingerprint density at radius 2 is 2.32 bits per heavy atom. The minimum Gasteiger partial charge on any atom is -0.482 e. The summed E-state index contributed by atoms with van der Waals surface area (Å²) in [5.41, 5.74) is 6.20. The lowest BCUT2D eigenvalue weighted by Crippen LogP contribution is -2.22. The van der Waals surface area contributed by atoms with Crippen LogP contribution in [-0.4, -0.2) is 31.4 Å². The van der Waals surface area contributed by atoms with Crippen molar-refractivity contribution in [3.8, 4) is 5.75 Å². The summed E-state index contributed by atoms with van der Waals surface area (Å²) in [6.45, 7) is 2.19. The normalized spacial score (nSPS) is 22.2. The van der Waals surface area contributed by atoms with Crippen molar-refractivity contribution in [3.05, 3.63) is 24.3 Å². The van der Waals surface area contributed by atoms with Crippen molar-refractivity contribution < 1.29 is 19.0 Å². The fraction of sp³-hybridized carbons (Fsp3) is 0.500. The van der Waals surface area contributed by atoms with Crippen molar-refractivity contribution in [2.75, 3.05) is 18.9 Å². The fourth-order valence-electron chi connectivity index (χ4n) is 1.98. The predicted octanol–water partition coefficient (Wildman–Crippen LogP) is 1.76. The van der Waals surface area contributed by atoms with Gasteiger partial charge in [-0.1, -0.05) is 6.07 Å². The molecule has 0 saturated carbocycles. The molecule has 2 atom stereocenters. The zero-order valence-corrected chi connectivity index (χ0v) is 11.0. The standard InChI is InChI=1S/C14H19NO4/c1-10-5-6-13(19-10)8-18-14(16)9-17-12-4-2-3-11(15)7-12/h2-4,7,10,13H,5-6,8-9,15H2,1H3. The maximum Gasteiger partial charge on any atom is 0.344 e. The Kier molecular flexibility index (Phi) is 4.63. The van der Waals surface area contributed by atoms with Crippen LogP contribution >= 0.6 is 0 Å². The van der Waals surface area contributed by atoms with Crippen molar-refractivity contribution in [1.82, 2.24) is 0 Å². The summed E-state index contributed by atoms with van der Waals surface area (Å²) in [4.78, 5) is 11.5. The van der Waals surface area contributed by atoms with Crippen LogP contribution < -0.4 is 10.5 Å². The van der Waals surface area contributed by atoms with E-state index in [1.54, 1.807) is 24.3 Å². The molecular formula is C14H19NO4. The molecule has 2 rings (SSSR count). The highest BCUT2D eigenvalue weighted by molar-refractivity contribution is 5.71. The number of hydrogen-bond acceptors (Lipinski definition) is 5. The molecule has 5 heteroatoms. The molecule has 0 aliphatic carbocycles. The maximum absolute atomic E-state index is 11.5. The second-order valence-electron chi connectivity index (χ2n) is 4.69. The minimum absolute atomic E-state index is 0.0197. The van der Waals surface area contributed by atoms with Gasteiger partial charge in [0.05, 0.1) is 12.2 Å². The lowest BCUT2D eigenvalue weighted by atomic mass is 10.2. The van der Waals surface area contributed by atoms with Gasteiger partial charge >= 0.3 is 5.97 Å². The highest BCUT2D eigenvalue weighted by Gasteiger charge is 2.23. The van der Waals surface area contributed by atoms with Gasteiger partial charge in [0.2, 0.25) is 0 Å². The first-order valence-corrected chi connectivity index (χ1v) is 6.43. The number of esters is 1. The zero-order valence-electron chi connectivity index (χ0n) is 11.0. The van der Waals surface area contributed by atoms with E-state index in [1.165, 1.54) is 0 Å². The van der Waals surface area contributed by atoms with Gasteiger partial charge in [0.1, 0.15) is 12.4 Å². The van der Waals surface area contributed by atoms with Gasteiger partial charge < -0.3 is 19.9 Å². The first kappa shape index (κ1) is 13.7. The maximum atomic E-state index is 11.5. The van der Waals surface area contributed by atoms with E-state index in [1.807, 2.05) is 6.92 Å². The second-order valence-corrected chi connectivity index (χ2v) is 4.69. The smallest absolute Gasteiger partial charge is 0.344 e. The van der Waals surface area contributed by atoms with Crippen LogP contribution in [0.4, 0.5) is 5.69 Å². The van der Waals surface area contributed by atoms with E-state index in [9.17, 15) is 4.79 Å². The first-order chi connectivity index (χ1) is 9.13. The molecule has 1 aromatic carbocycles. The molecule has 0 radical (unpaired) electrons. The number of anilines is 1. The van der Waals surface area contributed by atoms with Crippen LogP contribution in [0.3, 0.4) is 0 Å². The number of hydrogen-bond donors (Lipinski definition) is 1. The lowest BCUT2D eigenvalue weighted by molar-refractivity contribution is -0.149. The molecule has 1 fully saturated rings. The third-order valence-corrected chi connectivity index (χ3v) is 2.96. The van der Waals surface area contributed by atoms with Crippen LogP contribution in [0.2, 0.25) is 0 Å². The summed E-state index contributed by atoms with van der Waals surface area (Å²) in [6, 6.07) is 6.92. The molecular weight excluding hydrogens is 246 g/mol. The van der Waals surface area contributed by atoms with E-state index in [0.717, 1.165) is 12.8 Å². The number of nitrogen functional groups attached to an aromatic ring is 1. The zero-order chi connectivity index (χ0) is 13.7. The molecule has 5 nitrogen and oxygen atoms in total. The number of ether oxygens (including phenoxy) is 3. The Balaban J connectivity index is 1.67. The molecule has 1 heterocycles. The molecule has 2 unspecified atom stereocenters. The third-order valence-electron chi connectivity index (χ3n) is 2.96. The third kappa shape index (κ3) is 4.44. The number of carbonyl (C=O) groups is 1. The van der Waals surface area contributed by atoms with Crippen LogP contribution in [0.25, 0.3) is 0 Å². The largest absolute Gasteiger partial charge is 0.482 e. The summed E-state index contributed by atoms with van der Waals surface area (Å²) in [7, 11) is 0. The quantitative estimate of drug-likeness (QED) is 0.649. The topological polar surface area (TPSA) is 70.8 Å². The molecule has 2 N–H and O–H groups in total. The van der Waals surface area contributed by atoms with Crippen molar-refractivity contribution >= 4 is 11.7 Å². The minimum atomic E-state index is -0.398. The number of benzene rings is 1. The predicted molar refractivity (Wildman–Crippen MR) is 70.9 cm³/mol. The van der Waals surface area contributed by atoms with Gasteiger partial charge in [-0.15, -0.1) is 0 Å². The molecule has 1 aliphatic rings. The molecule has 19 heavy (non-hydrogen) atoms. The molecule has 1 saturated heterocycles. The highest BCUT2D eigenvalue weighted by Crippen LogP contribution is 2.19. The van der Waals surface area contributed by atoms with Gasteiger partial charge in [0.15, 0.2) is 6.61 Å². The van der Waals surface area contributed by atoms with E-state index in [-0.39, 0.29) is 18.8 Å². The van der Waals surface area contributed by atoms with Crippen LogP contribution in [0, 0.1) is 0 Å². The first-order valence-electron chi connectivity index (χ1n) is 6.43. The van der Waals surface area contributed by atoms with Gasteiger partial charge in [-0.2, -0.15) is 0 Å². The number of nitrogens with two attached hydrogens (primary N) is 1. The molecule has 0 spiro atoms. The molecule has 1 aliphatic heterocycles. The summed E-state index contributed by atoms with van der Waals surface area (Å²) in [6.07, 6.45) is 2.23. The van der Waals surface area contributed by atoms with Crippen LogP contribution in [-0.2, 0) is 14.3 Å². The second kappa shape index (κ2) is 6.43. The Bertz CT molecular complexity index is 435. The van der Waals surface area contributed by atoms with Gasteiger partial charge in [-0.25, -0.2) is 4.79 Å². The monoisotopic (exact) mass is 265 g/mol. The molecule has 1 aromatic rings. The average Bonchev–Trinajstić information content (AvgIpc) is 2.80. The van der Waals surface area contributed by atoms with Gasteiger partial charge in [0.25, 0.3) is 0 Å². The Labute approximate surface area is 112 Å². The SMILES string of the molecule is CC1CCC(COC(=O)COc2cccc(N)c2)O1. The Morgan fingerprint density at radius 1 is 1.47 bits per heavy atom. The van der Waals surface area contributed by atoms with E-state index in [0.29, 0.717) is 18.0 Å². The van der Waals surface area contributed by atoms with Crippen LogP contribution in [0.15, 0.2) is 24.3 Å².